The molecule has 7 nitrogen and oxygen atoms in total. The van der Waals surface area contributed by atoms with E-state index in [0.717, 1.165) is 0 Å². The van der Waals surface area contributed by atoms with Crippen molar-refractivity contribution in [2.45, 2.75) is 13.8 Å². The van der Waals surface area contributed by atoms with E-state index in [1.54, 1.807) is 19.1 Å². The normalized spacial score (nSPS) is 11.1. The molecule has 1 aromatic carbocycles. The minimum Gasteiger partial charge on any atom is -0.462 e. The van der Waals surface area contributed by atoms with Gasteiger partial charge >= 0.3 is 0 Å². The number of benzene rings is 1. The van der Waals surface area contributed by atoms with Crippen molar-refractivity contribution in [2.24, 2.45) is 0 Å². The van der Waals surface area contributed by atoms with Crippen LogP contribution in [0.15, 0.2) is 46.4 Å². The maximum Gasteiger partial charge on any atom is 0.269 e. The second kappa shape index (κ2) is 6.69. The van der Waals surface area contributed by atoms with E-state index in [2.05, 4.69) is 5.32 Å². The van der Waals surface area contributed by atoms with Gasteiger partial charge in [0.25, 0.3) is 11.6 Å². The van der Waals surface area contributed by atoms with Gasteiger partial charge in [-0.1, -0.05) is 0 Å². The lowest BCUT2D eigenvalue weighted by Crippen LogP contribution is -2.18. The maximum absolute atomic E-state index is 12.2. The molecule has 7 heteroatoms. The molecule has 0 unspecified atom stereocenters. The number of amides is 1. The van der Waals surface area contributed by atoms with Gasteiger partial charge in [0.1, 0.15) is 11.5 Å². The first kappa shape index (κ1) is 16.2. The zero-order valence-electron chi connectivity index (χ0n) is 12.5. The van der Waals surface area contributed by atoms with Crippen molar-refractivity contribution in [3.8, 4) is 0 Å². The number of aryl methyl sites for hydroxylation is 1. The molecule has 2 rings (SSSR count). The number of carbonyl (C=O) groups is 2. The second-order valence-corrected chi connectivity index (χ2v) is 4.82. The van der Waals surface area contributed by atoms with Crippen molar-refractivity contribution in [3.63, 3.8) is 0 Å². The number of carbonyl (C=O) groups excluding carboxylic acids is 2. The molecule has 2 aromatic rings. The average molecular weight is 314 g/mol. The molecule has 0 atom stereocenters. The number of anilines is 1. The third-order valence-corrected chi connectivity index (χ3v) is 3.01. The van der Waals surface area contributed by atoms with Crippen LogP contribution in [0.25, 0.3) is 6.08 Å². The minimum atomic E-state index is -0.611. The Kier molecular flexibility index (Phi) is 4.70. The fourth-order valence-electron chi connectivity index (χ4n) is 1.87. The number of hydrogen-bond acceptors (Lipinski definition) is 5. The van der Waals surface area contributed by atoms with Gasteiger partial charge in [0.2, 0.25) is 0 Å². The molecular weight excluding hydrogens is 300 g/mol. The molecule has 23 heavy (non-hydrogen) atoms. The topological polar surface area (TPSA) is 102 Å². The highest BCUT2D eigenvalue weighted by atomic mass is 16.6. The van der Waals surface area contributed by atoms with Crippen molar-refractivity contribution < 1.29 is 18.9 Å². The molecule has 1 N–H and O–H groups in total. The van der Waals surface area contributed by atoms with Crippen LogP contribution in [0.2, 0.25) is 0 Å². The summed E-state index contributed by atoms with van der Waals surface area (Å²) in [6.07, 6.45) is 1.36. The molecule has 0 aliphatic carbocycles. The van der Waals surface area contributed by atoms with Crippen LogP contribution in [0, 0.1) is 17.0 Å². The number of furan rings is 1. The Morgan fingerprint density at radius 3 is 2.30 bits per heavy atom. The molecule has 0 saturated heterocycles. The summed E-state index contributed by atoms with van der Waals surface area (Å²) < 4.78 is 5.32. The van der Waals surface area contributed by atoms with Gasteiger partial charge in [0.15, 0.2) is 5.78 Å². The summed E-state index contributed by atoms with van der Waals surface area (Å²) in [4.78, 5) is 33.9. The number of non-ortho nitro benzene ring substituents is 1. The Balaban J connectivity index is 2.20. The molecular formula is C16H14N2O5. The van der Waals surface area contributed by atoms with Crippen molar-refractivity contribution >= 4 is 29.1 Å². The number of nitrogens with zero attached hydrogens (tertiary/aromatic N) is 1. The van der Waals surface area contributed by atoms with E-state index in [1.165, 1.54) is 37.3 Å². The van der Waals surface area contributed by atoms with E-state index >= 15 is 0 Å². The van der Waals surface area contributed by atoms with E-state index in [1.807, 2.05) is 0 Å². The third kappa shape index (κ3) is 4.13. The Bertz CT molecular complexity index is 787. The highest BCUT2D eigenvalue weighted by molar-refractivity contribution is 6.25. The number of ketones is 1. The Labute approximate surface area is 131 Å². The predicted octanol–water partition coefficient (Wildman–Crippen LogP) is 3.11. The van der Waals surface area contributed by atoms with Crippen LogP contribution in [-0.2, 0) is 9.59 Å². The van der Waals surface area contributed by atoms with Gasteiger partial charge in [-0.25, -0.2) is 0 Å². The van der Waals surface area contributed by atoms with Crippen molar-refractivity contribution in [1.29, 1.82) is 0 Å². The van der Waals surface area contributed by atoms with Crippen LogP contribution in [0.4, 0.5) is 11.4 Å². The molecule has 1 amide bonds. The molecule has 0 aliphatic heterocycles. The van der Waals surface area contributed by atoms with E-state index < -0.39 is 16.6 Å². The summed E-state index contributed by atoms with van der Waals surface area (Å²) in [5.74, 6) is 0.0281. The quantitative estimate of drug-likeness (QED) is 0.300. The van der Waals surface area contributed by atoms with Crippen LogP contribution in [0.5, 0.6) is 0 Å². The number of Topliss-reactive ketones (excluding diaryl/α,β-unsaturated/α-hetero) is 1. The number of hydrogen-bond donors (Lipinski definition) is 1. The molecule has 0 fully saturated rings. The minimum absolute atomic E-state index is 0.0716. The van der Waals surface area contributed by atoms with E-state index in [0.29, 0.717) is 17.2 Å². The second-order valence-electron chi connectivity index (χ2n) is 4.82. The smallest absolute Gasteiger partial charge is 0.269 e. The van der Waals surface area contributed by atoms with Crippen LogP contribution < -0.4 is 5.32 Å². The molecule has 118 valence electrons. The first-order valence-electron chi connectivity index (χ1n) is 6.71. The Morgan fingerprint density at radius 1 is 1.17 bits per heavy atom. The summed E-state index contributed by atoms with van der Waals surface area (Å²) in [6.45, 7) is 3.03. The standard InChI is InChI=1S/C16H14N2O5/c1-10-3-8-14(23-10)9-15(11(2)19)16(20)17-12-4-6-13(7-5-12)18(21)22/h3-9H,1-2H3,(H,17,20). The van der Waals surface area contributed by atoms with Crippen LogP contribution in [0.1, 0.15) is 18.4 Å². The van der Waals surface area contributed by atoms with E-state index in [4.69, 9.17) is 4.42 Å². The summed E-state index contributed by atoms with van der Waals surface area (Å²) >= 11 is 0. The molecule has 1 aromatic heterocycles. The first-order chi connectivity index (χ1) is 10.9. The van der Waals surface area contributed by atoms with Crippen molar-refractivity contribution in [3.05, 3.63) is 63.6 Å². The van der Waals surface area contributed by atoms with Gasteiger partial charge in [-0.2, -0.15) is 0 Å². The Hall–Kier alpha value is -3.22. The van der Waals surface area contributed by atoms with E-state index in [9.17, 15) is 19.7 Å². The lowest BCUT2D eigenvalue weighted by molar-refractivity contribution is -0.384. The predicted molar refractivity (Wildman–Crippen MR) is 83.8 cm³/mol. The van der Waals surface area contributed by atoms with Gasteiger partial charge in [-0.05, 0) is 44.2 Å². The SMILES string of the molecule is CC(=O)C(=Cc1ccc(C)o1)C(=O)Nc1ccc([N+](=O)[O-])cc1. The largest absolute Gasteiger partial charge is 0.462 e. The summed E-state index contributed by atoms with van der Waals surface area (Å²) in [7, 11) is 0. The van der Waals surface area contributed by atoms with Gasteiger partial charge in [-0.15, -0.1) is 0 Å². The van der Waals surface area contributed by atoms with Gasteiger partial charge < -0.3 is 9.73 Å². The van der Waals surface area contributed by atoms with Crippen LogP contribution >= 0.6 is 0 Å². The van der Waals surface area contributed by atoms with Crippen LogP contribution in [-0.4, -0.2) is 16.6 Å². The number of nitro groups is 1. The summed E-state index contributed by atoms with van der Waals surface area (Å²) in [5.41, 5.74) is 0.192. The zero-order valence-corrected chi connectivity index (χ0v) is 12.5. The highest BCUT2D eigenvalue weighted by Gasteiger charge is 2.16. The molecule has 1 heterocycles. The number of rotatable bonds is 5. The van der Waals surface area contributed by atoms with Gasteiger partial charge in [0, 0.05) is 17.8 Å². The third-order valence-electron chi connectivity index (χ3n) is 3.01. The van der Waals surface area contributed by atoms with Crippen LogP contribution in [0.3, 0.4) is 0 Å². The fraction of sp³-hybridized carbons (Fsp3) is 0.125. The average Bonchev–Trinajstić information content (AvgIpc) is 2.90. The Morgan fingerprint density at radius 2 is 1.83 bits per heavy atom. The lowest BCUT2D eigenvalue weighted by Gasteiger charge is -2.06. The van der Waals surface area contributed by atoms with Gasteiger partial charge in [-0.3, -0.25) is 19.7 Å². The molecule has 0 bridgehead atoms. The zero-order chi connectivity index (χ0) is 17.0. The van der Waals surface area contributed by atoms with E-state index in [-0.39, 0.29) is 11.3 Å². The molecule has 0 aliphatic rings. The first-order valence-corrected chi connectivity index (χ1v) is 6.71. The number of nitrogens with one attached hydrogen (secondary N) is 1. The van der Waals surface area contributed by atoms with Crippen molar-refractivity contribution in [1.82, 2.24) is 0 Å². The lowest BCUT2D eigenvalue weighted by atomic mass is 10.1. The van der Waals surface area contributed by atoms with Crippen molar-refractivity contribution in [2.75, 3.05) is 5.32 Å². The molecule has 0 radical (unpaired) electrons. The molecule has 0 saturated carbocycles. The fourth-order valence-corrected chi connectivity index (χ4v) is 1.87. The highest BCUT2D eigenvalue weighted by Crippen LogP contribution is 2.17. The van der Waals surface area contributed by atoms with Gasteiger partial charge in [0.05, 0.1) is 10.5 Å². The monoisotopic (exact) mass is 314 g/mol. The maximum atomic E-state index is 12.2. The summed E-state index contributed by atoms with van der Waals surface area (Å²) in [6, 6.07) is 8.69. The summed E-state index contributed by atoms with van der Waals surface area (Å²) in [5, 5.41) is 13.1. The molecule has 0 spiro atoms. The number of nitro benzene ring substituents is 1.